The summed E-state index contributed by atoms with van der Waals surface area (Å²) in [5.74, 6) is 1.80. The number of hydrogen-bond acceptors (Lipinski definition) is 3. The molecule has 1 aromatic carbocycles. The van der Waals surface area contributed by atoms with Gasteiger partial charge in [0.2, 0.25) is 0 Å². The van der Waals surface area contributed by atoms with Gasteiger partial charge >= 0.3 is 12.0 Å². The fourth-order valence-electron chi connectivity index (χ4n) is 3.56. The van der Waals surface area contributed by atoms with E-state index in [1.54, 1.807) is 19.9 Å². The van der Waals surface area contributed by atoms with E-state index >= 15 is 0 Å². The van der Waals surface area contributed by atoms with Crippen molar-refractivity contribution in [1.29, 1.82) is 0 Å². The third-order valence-electron chi connectivity index (χ3n) is 4.78. The molecule has 29 heavy (non-hydrogen) atoms. The van der Waals surface area contributed by atoms with Crippen LogP contribution in [-0.4, -0.2) is 9.78 Å². The molecule has 1 atom stereocenters. The minimum atomic E-state index is -4.55. The standard InChI is InChI=1S/C20H14ClF3N4O/c1-5-15-13-7-11(20(22,23)24)8-14(21)17(13)28-19(26-15)16(18(25-4)27-28)12-6-9(2)29-10(12)3/h5-8,15,26H,1H2,2-3H3. The Morgan fingerprint density at radius 3 is 2.62 bits per heavy atom. The molecule has 0 aliphatic carbocycles. The summed E-state index contributed by atoms with van der Waals surface area (Å²) >= 11 is 6.27. The maximum Gasteiger partial charge on any atom is 0.416 e. The summed E-state index contributed by atoms with van der Waals surface area (Å²) in [5, 5.41) is 7.34. The summed E-state index contributed by atoms with van der Waals surface area (Å²) in [6.45, 7) is 14.8. The Bertz CT molecular complexity index is 1200. The lowest BCUT2D eigenvalue weighted by atomic mass is 9.98. The van der Waals surface area contributed by atoms with E-state index in [0.29, 0.717) is 28.5 Å². The van der Waals surface area contributed by atoms with Crippen LogP contribution in [0.25, 0.3) is 21.7 Å². The Hall–Kier alpha value is -3.18. The molecule has 4 rings (SSSR count). The number of aromatic nitrogens is 2. The predicted molar refractivity (Wildman–Crippen MR) is 104 cm³/mol. The van der Waals surface area contributed by atoms with E-state index in [9.17, 15) is 13.2 Å². The van der Waals surface area contributed by atoms with Gasteiger partial charge in [0.25, 0.3) is 0 Å². The van der Waals surface area contributed by atoms with Crippen molar-refractivity contribution in [3.05, 3.63) is 69.9 Å². The topological polar surface area (TPSA) is 47.4 Å². The summed E-state index contributed by atoms with van der Waals surface area (Å²) in [6, 6.07) is 3.02. The number of hydrogen-bond donors (Lipinski definition) is 1. The van der Waals surface area contributed by atoms with E-state index in [1.807, 2.05) is 0 Å². The van der Waals surface area contributed by atoms with Crippen molar-refractivity contribution in [3.63, 3.8) is 0 Å². The van der Waals surface area contributed by atoms with Gasteiger partial charge in [0.15, 0.2) is 0 Å². The normalized spacial score (nSPS) is 15.3. The first kappa shape index (κ1) is 19.2. The van der Waals surface area contributed by atoms with Crippen molar-refractivity contribution in [2.75, 3.05) is 5.32 Å². The molecular formula is C20H14ClF3N4O. The predicted octanol–water partition coefficient (Wildman–Crippen LogP) is 6.62. The summed E-state index contributed by atoms with van der Waals surface area (Å²) in [6.07, 6.45) is -3.06. The quantitative estimate of drug-likeness (QED) is 0.375. The van der Waals surface area contributed by atoms with Crippen molar-refractivity contribution in [1.82, 2.24) is 9.78 Å². The number of rotatable bonds is 2. The second-order valence-electron chi connectivity index (χ2n) is 6.65. The molecule has 0 radical (unpaired) electrons. The molecule has 0 saturated carbocycles. The molecule has 148 valence electrons. The Labute approximate surface area is 169 Å². The average molecular weight is 419 g/mol. The zero-order valence-electron chi connectivity index (χ0n) is 15.4. The molecule has 1 unspecified atom stereocenters. The lowest BCUT2D eigenvalue weighted by Crippen LogP contribution is -2.22. The van der Waals surface area contributed by atoms with Crippen LogP contribution in [0.1, 0.15) is 28.7 Å². The summed E-state index contributed by atoms with van der Waals surface area (Å²) < 4.78 is 46.8. The number of furan rings is 1. The van der Waals surface area contributed by atoms with Gasteiger partial charge in [0.05, 0.1) is 22.2 Å². The number of nitrogens with one attached hydrogen (secondary N) is 1. The molecule has 1 aliphatic heterocycles. The molecule has 1 aliphatic rings. The highest BCUT2D eigenvalue weighted by Crippen LogP contribution is 2.48. The maximum absolute atomic E-state index is 13.3. The van der Waals surface area contributed by atoms with Gasteiger partial charge in [-0.25, -0.2) is 0 Å². The molecule has 0 spiro atoms. The van der Waals surface area contributed by atoms with E-state index < -0.39 is 17.8 Å². The zero-order chi connectivity index (χ0) is 21.1. The third-order valence-corrected chi connectivity index (χ3v) is 5.07. The van der Waals surface area contributed by atoms with Crippen LogP contribution < -0.4 is 5.32 Å². The first-order valence-corrected chi connectivity index (χ1v) is 8.91. The SMILES string of the molecule is [C-]#[N+]c1nn2c(c1-c1cc(C)oc1C)NC(C=C)c1cc(C(F)(F)F)cc(Cl)c1-2. The average Bonchev–Trinajstić information content (AvgIpc) is 3.17. The number of halogens is 4. The fraction of sp³-hybridized carbons (Fsp3) is 0.200. The molecular weight excluding hydrogens is 405 g/mol. The number of benzene rings is 1. The van der Waals surface area contributed by atoms with Crippen molar-refractivity contribution in [2.24, 2.45) is 0 Å². The Morgan fingerprint density at radius 1 is 1.34 bits per heavy atom. The summed E-state index contributed by atoms with van der Waals surface area (Å²) in [4.78, 5) is 3.50. The van der Waals surface area contributed by atoms with E-state index in [-0.39, 0.29) is 22.1 Å². The van der Waals surface area contributed by atoms with Crippen LogP contribution in [0.5, 0.6) is 0 Å². The van der Waals surface area contributed by atoms with Crippen molar-refractivity contribution < 1.29 is 17.6 Å². The highest BCUT2D eigenvalue weighted by molar-refractivity contribution is 6.32. The van der Waals surface area contributed by atoms with E-state index in [0.717, 1.165) is 12.1 Å². The maximum atomic E-state index is 13.3. The van der Waals surface area contributed by atoms with Gasteiger partial charge in [0.1, 0.15) is 23.0 Å². The molecule has 2 aromatic heterocycles. The molecule has 9 heteroatoms. The van der Waals surface area contributed by atoms with Crippen molar-refractivity contribution in [2.45, 2.75) is 26.1 Å². The number of alkyl halides is 3. The van der Waals surface area contributed by atoms with Gasteiger partial charge in [-0.15, -0.1) is 11.3 Å². The number of fused-ring (bicyclic) bond motifs is 3. The van der Waals surface area contributed by atoms with E-state index in [2.05, 4.69) is 21.8 Å². The summed E-state index contributed by atoms with van der Waals surface area (Å²) in [5.41, 5.74) is 0.877. The largest absolute Gasteiger partial charge is 0.466 e. The molecule has 0 saturated heterocycles. The number of aryl methyl sites for hydroxylation is 2. The first-order chi connectivity index (χ1) is 13.7. The van der Waals surface area contributed by atoms with Crippen LogP contribution in [0, 0.1) is 20.4 Å². The number of nitrogens with zero attached hydrogens (tertiary/aromatic N) is 3. The Morgan fingerprint density at radius 2 is 2.07 bits per heavy atom. The van der Waals surface area contributed by atoms with Crippen LogP contribution in [0.2, 0.25) is 5.02 Å². The highest BCUT2D eigenvalue weighted by Gasteiger charge is 2.37. The molecule has 3 heterocycles. The van der Waals surface area contributed by atoms with Crippen LogP contribution in [0.4, 0.5) is 24.8 Å². The van der Waals surface area contributed by atoms with Gasteiger partial charge in [-0.1, -0.05) is 24.2 Å². The molecule has 0 fully saturated rings. The minimum absolute atomic E-state index is 0.0861. The van der Waals surface area contributed by atoms with Crippen molar-refractivity contribution in [3.8, 4) is 16.8 Å². The molecule has 3 aromatic rings. The number of anilines is 1. The second-order valence-corrected chi connectivity index (χ2v) is 7.06. The van der Waals surface area contributed by atoms with Gasteiger partial charge in [-0.05, 0) is 37.1 Å². The monoisotopic (exact) mass is 418 g/mol. The zero-order valence-corrected chi connectivity index (χ0v) is 16.1. The highest BCUT2D eigenvalue weighted by atomic mass is 35.5. The van der Waals surface area contributed by atoms with Gasteiger partial charge in [0, 0.05) is 11.1 Å². The van der Waals surface area contributed by atoms with Gasteiger partial charge < -0.3 is 14.6 Å². The van der Waals surface area contributed by atoms with Crippen molar-refractivity contribution >= 4 is 23.2 Å². The van der Waals surface area contributed by atoms with Crippen LogP contribution in [0.3, 0.4) is 0 Å². The second kappa shape index (κ2) is 6.42. The minimum Gasteiger partial charge on any atom is -0.466 e. The Balaban J connectivity index is 2.04. The van der Waals surface area contributed by atoms with Gasteiger partial charge in [-0.3, -0.25) is 0 Å². The van der Waals surface area contributed by atoms with Crippen LogP contribution in [-0.2, 0) is 6.18 Å². The lowest BCUT2D eigenvalue weighted by molar-refractivity contribution is -0.137. The van der Waals surface area contributed by atoms with E-state index in [1.165, 1.54) is 10.8 Å². The molecule has 0 amide bonds. The third kappa shape index (κ3) is 2.89. The Kier molecular flexibility index (Phi) is 4.24. The van der Waals surface area contributed by atoms with Crippen LogP contribution >= 0.6 is 11.6 Å². The molecule has 5 nitrogen and oxygen atoms in total. The van der Waals surface area contributed by atoms with E-state index in [4.69, 9.17) is 22.6 Å². The lowest BCUT2D eigenvalue weighted by Gasteiger charge is -2.27. The fourth-order valence-corrected chi connectivity index (χ4v) is 3.87. The first-order valence-electron chi connectivity index (χ1n) is 8.53. The molecule has 1 N–H and O–H groups in total. The smallest absolute Gasteiger partial charge is 0.416 e. The summed E-state index contributed by atoms with van der Waals surface area (Å²) in [7, 11) is 0. The van der Waals surface area contributed by atoms with Gasteiger partial charge in [-0.2, -0.15) is 13.2 Å². The molecule has 0 bridgehead atoms. The van der Waals surface area contributed by atoms with Crippen LogP contribution in [0.15, 0.2) is 35.3 Å².